The fourth-order valence-electron chi connectivity index (χ4n) is 1.62. The van der Waals surface area contributed by atoms with Gasteiger partial charge in [0.15, 0.2) is 18.1 Å². The number of rotatable bonds is 4. The van der Waals surface area contributed by atoms with E-state index in [1.54, 1.807) is 0 Å². The molecule has 0 saturated heterocycles. The maximum atomic E-state index is 5.60. The molecule has 20 heavy (non-hydrogen) atoms. The molecular weight excluding hydrogens is 262 g/mol. The molecule has 0 amide bonds. The van der Waals surface area contributed by atoms with Crippen molar-refractivity contribution in [3.63, 3.8) is 0 Å². The molecule has 2 heterocycles. The van der Waals surface area contributed by atoms with E-state index in [-0.39, 0.29) is 23.9 Å². The van der Waals surface area contributed by atoms with Crippen LogP contribution in [0.3, 0.4) is 0 Å². The van der Waals surface area contributed by atoms with Crippen molar-refractivity contribution >= 4 is 5.82 Å². The number of nitrogens with two attached hydrogens (primary N) is 1. The van der Waals surface area contributed by atoms with Crippen LogP contribution in [0.4, 0.5) is 5.82 Å². The zero-order valence-corrected chi connectivity index (χ0v) is 10.6. The lowest BCUT2D eigenvalue weighted by Crippen LogP contribution is -1.97. The molecule has 0 unspecified atom stereocenters. The van der Waals surface area contributed by atoms with Crippen molar-refractivity contribution < 1.29 is 13.9 Å². The van der Waals surface area contributed by atoms with Crippen molar-refractivity contribution in [1.82, 2.24) is 20.5 Å². The highest BCUT2D eigenvalue weighted by Crippen LogP contribution is 2.20. The molecule has 0 radical (unpaired) electrons. The number of hydrogen-bond acceptors (Lipinski definition) is 8. The summed E-state index contributed by atoms with van der Waals surface area (Å²) in [6.07, 6.45) is 0. The van der Waals surface area contributed by atoms with E-state index in [1.807, 2.05) is 31.2 Å². The zero-order valence-electron chi connectivity index (χ0n) is 10.6. The van der Waals surface area contributed by atoms with Crippen molar-refractivity contribution in [3.8, 4) is 17.3 Å². The summed E-state index contributed by atoms with van der Waals surface area (Å²) >= 11 is 0. The molecule has 0 bridgehead atoms. The highest BCUT2D eigenvalue weighted by molar-refractivity contribution is 5.61. The van der Waals surface area contributed by atoms with Gasteiger partial charge < -0.3 is 15.0 Å². The van der Waals surface area contributed by atoms with Crippen molar-refractivity contribution in [2.45, 2.75) is 13.5 Å². The van der Waals surface area contributed by atoms with Gasteiger partial charge in [0.05, 0.1) is 0 Å². The van der Waals surface area contributed by atoms with Gasteiger partial charge in [0, 0.05) is 0 Å². The summed E-state index contributed by atoms with van der Waals surface area (Å²) in [7, 11) is 0. The maximum absolute atomic E-state index is 5.60. The molecule has 2 aromatic heterocycles. The first kappa shape index (κ1) is 12.2. The minimum atomic E-state index is 0.108. The van der Waals surface area contributed by atoms with E-state index >= 15 is 0 Å². The molecule has 0 aliphatic rings. The van der Waals surface area contributed by atoms with E-state index in [1.165, 1.54) is 0 Å². The van der Waals surface area contributed by atoms with Gasteiger partial charge in [-0.1, -0.05) is 23.4 Å². The number of anilines is 1. The zero-order chi connectivity index (χ0) is 13.9. The van der Waals surface area contributed by atoms with E-state index in [2.05, 4.69) is 25.1 Å². The standard InChI is InChI=1S/C12H11N5O3/c1-7-4-2-3-5-8(7)18-6-9-14-12(17-19-9)10-11(13)16-20-15-10/h2-5H,6H2,1H3,(H2,13,16). The summed E-state index contributed by atoms with van der Waals surface area (Å²) in [5.74, 6) is 1.39. The number of hydrogen-bond donors (Lipinski definition) is 1. The maximum Gasteiger partial charge on any atom is 0.264 e. The fourth-order valence-corrected chi connectivity index (χ4v) is 1.62. The van der Waals surface area contributed by atoms with Gasteiger partial charge in [-0.05, 0) is 28.9 Å². The molecule has 0 atom stereocenters. The first-order valence-electron chi connectivity index (χ1n) is 5.83. The molecule has 0 saturated carbocycles. The number of ether oxygens (including phenoxy) is 1. The van der Waals surface area contributed by atoms with E-state index in [0.29, 0.717) is 5.89 Å². The predicted molar refractivity (Wildman–Crippen MR) is 67.5 cm³/mol. The Kier molecular flexibility index (Phi) is 3.04. The van der Waals surface area contributed by atoms with Crippen LogP contribution in [0.5, 0.6) is 5.75 Å². The highest BCUT2D eigenvalue weighted by atomic mass is 16.6. The first-order chi connectivity index (χ1) is 9.74. The van der Waals surface area contributed by atoms with Gasteiger partial charge in [-0.15, -0.1) is 0 Å². The summed E-state index contributed by atoms with van der Waals surface area (Å²) in [4.78, 5) is 4.11. The van der Waals surface area contributed by atoms with Crippen LogP contribution in [0.15, 0.2) is 33.4 Å². The molecule has 8 heteroatoms. The Morgan fingerprint density at radius 2 is 2.05 bits per heavy atom. The predicted octanol–water partition coefficient (Wildman–Crippen LogP) is 1.59. The van der Waals surface area contributed by atoms with Crippen molar-refractivity contribution in [3.05, 3.63) is 35.7 Å². The Bertz CT molecular complexity index is 721. The lowest BCUT2D eigenvalue weighted by atomic mass is 10.2. The molecule has 0 spiro atoms. The molecule has 1 aromatic carbocycles. The molecule has 8 nitrogen and oxygen atoms in total. The fraction of sp³-hybridized carbons (Fsp3) is 0.167. The normalized spacial score (nSPS) is 10.7. The summed E-state index contributed by atoms with van der Waals surface area (Å²) < 4.78 is 15.1. The molecule has 102 valence electrons. The minimum Gasteiger partial charge on any atom is -0.483 e. The first-order valence-corrected chi connectivity index (χ1v) is 5.83. The number of para-hydroxylation sites is 1. The van der Waals surface area contributed by atoms with Crippen LogP contribution < -0.4 is 10.5 Å². The third-order valence-corrected chi connectivity index (χ3v) is 2.64. The second-order valence-electron chi connectivity index (χ2n) is 4.06. The van der Waals surface area contributed by atoms with E-state index in [4.69, 9.17) is 15.0 Å². The Morgan fingerprint density at radius 3 is 2.80 bits per heavy atom. The van der Waals surface area contributed by atoms with Crippen molar-refractivity contribution in [1.29, 1.82) is 0 Å². The second kappa shape index (κ2) is 5.00. The van der Waals surface area contributed by atoms with Gasteiger partial charge in [-0.3, -0.25) is 0 Å². The van der Waals surface area contributed by atoms with Gasteiger partial charge in [0.1, 0.15) is 5.75 Å². The van der Waals surface area contributed by atoms with E-state index < -0.39 is 0 Å². The van der Waals surface area contributed by atoms with Gasteiger partial charge in [-0.2, -0.15) is 4.98 Å². The van der Waals surface area contributed by atoms with Gasteiger partial charge in [0.2, 0.25) is 5.82 Å². The van der Waals surface area contributed by atoms with Gasteiger partial charge in [-0.25, -0.2) is 4.63 Å². The summed E-state index contributed by atoms with van der Waals surface area (Å²) in [6, 6.07) is 7.65. The van der Waals surface area contributed by atoms with Gasteiger partial charge in [0.25, 0.3) is 5.89 Å². The van der Waals surface area contributed by atoms with Crippen LogP contribution in [-0.2, 0) is 6.61 Å². The average molecular weight is 273 g/mol. The number of aryl methyl sites for hydroxylation is 1. The van der Waals surface area contributed by atoms with Crippen LogP contribution in [0.2, 0.25) is 0 Å². The molecule has 3 rings (SSSR count). The summed E-state index contributed by atoms with van der Waals surface area (Å²) in [5.41, 5.74) is 6.82. The average Bonchev–Trinajstić information content (AvgIpc) is 3.06. The van der Waals surface area contributed by atoms with Crippen LogP contribution in [0.25, 0.3) is 11.5 Å². The lowest BCUT2D eigenvalue weighted by Gasteiger charge is -2.05. The smallest absolute Gasteiger partial charge is 0.264 e. The molecular formula is C12H11N5O3. The number of benzene rings is 1. The number of nitrogens with zero attached hydrogens (tertiary/aromatic N) is 4. The largest absolute Gasteiger partial charge is 0.483 e. The van der Waals surface area contributed by atoms with E-state index in [0.717, 1.165) is 11.3 Å². The third kappa shape index (κ3) is 2.30. The molecule has 0 fully saturated rings. The topological polar surface area (TPSA) is 113 Å². The van der Waals surface area contributed by atoms with Crippen LogP contribution in [0, 0.1) is 6.92 Å². The Morgan fingerprint density at radius 1 is 1.20 bits per heavy atom. The third-order valence-electron chi connectivity index (χ3n) is 2.64. The van der Waals surface area contributed by atoms with Crippen molar-refractivity contribution in [2.75, 3.05) is 5.73 Å². The van der Waals surface area contributed by atoms with Gasteiger partial charge >= 0.3 is 0 Å². The molecule has 0 aliphatic heterocycles. The highest BCUT2D eigenvalue weighted by Gasteiger charge is 2.16. The molecule has 0 aliphatic carbocycles. The SMILES string of the molecule is Cc1ccccc1OCc1nc(-c2nonc2N)no1. The summed E-state index contributed by atoms with van der Waals surface area (Å²) in [6.45, 7) is 2.11. The quantitative estimate of drug-likeness (QED) is 0.762. The Labute approximate surface area is 113 Å². The Hall–Kier alpha value is -2.90. The minimum absolute atomic E-state index is 0.108. The van der Waals surface area contributed by atoms with E-state index in [9.17, 15) is 0 Å². The number of aromatic nitrogens is 4. The number of nitrogen functional groups attached to an aromatic ring is 1. The molecule has 2 N–H and O–H groups in total. The Balaban J connectivity index is 1.72. The monoisotopic (exact) mass is 273 g/mol. The van der Waals surface area contributed by atoms with Crippen LogP contribution in [0.1, 0.15) is 11.5 Å². The van der Waals surface area contributed by atoms with Crippen molar-refractivity contribution in [2.24, 2.45) is 0 Å². The summed E-state index contributed by atoms with van der Waals surface area (Å²) in [5, 5.41) is 10.8. The second-order valence-corrected chi connectivity index (χ2v) is 4.06. The van der Waals surface area contributed by atoms with Crippen LogP contribution in [-0.4, -0.2) is 20.5 Å². The van der Waals surface area contributed by atoms with Crippen LogP contribution >= 0.6 is 0 Å². The lowest BCUT2D eigenvalue weighted by molar-refractivity contribution is 0.241. The molecule has 3 aromatic rings.